The van der Waals surface area contributed by atoms with Gasteiger partial charge in [-0.15, -0.1) is 0 Å². The fraction of sp³-hybridized carbons (Fsp3) is 0. The van der Waals surface area contributed by atoms with Crippen LogP contribution < -0.4 is 0 Å². The highest BCUT2D eigenvalue weighted by atomic mass is 79.9. The van der Waals surface area contributed by atoms with E-state index in [0.717, 1.165) is 12.1 Å². The molecule has 0 atom stereocenters. The monoisotopic (exact) mass is 534 g/mol. The fourth-order valence-corrected chi connectivity index (χ4v) is 3.39. The number of carboxylic acid groups (broad SMARTS) is 2. The lowest BCUT2D eigenvalue weighted by Gasteiger charge is -2.03. The van der Waals surface area contributed by atoms with Gasteiger partial charge < -0.3 is 10.2 Å². The van der Waals surface area contributed by atoms with Gasteiger partial charge in [-0.1, -0.05) is 0 Å². The van der Waals surface area contributed by atoms with Gasteiger partial charge >= 0.3 is 11.9 Å². The van der Waals surface area contributed by atoms with Crippen LogP contribution in [0.15, 0.2) is 44.2 Å². The molecule has 2 aromatic rings. The van der Waals surface area contributed by atoms with Crippen molar-refractivity contribution in [3.05, 3.63) is 62.0 Å². The molecule has 0 heterocycles. The van der Waals surface area contributed by atoms with E-state index in [2.05, 4.69) is 31.9 Å². The molecule has 2 aromatic carbocycles. The normalized spacial score (nSPS) is 10.7. The second kappa shape index (κ2) is 8.89. The van der Waals surface area contributed by atoms with Gasteiger partial charge in [0.1, 0.15) is 10.7 Å². The summed E-state index contributed by atoms with van der Waals surface area (Å²) in [7, 11) is 0.623. The SMILES string of the molecule is O=C(O)c1cc(Br)c(F)c(S(=O)(=O)Cl)c1.O=C(O)c1ccc(F)c(Br)c1. The average molecular weight is 537 g/mol. The molecule has 0 aliphatic rings. The zero-order valence-corrected chi connectivity index (χ0v) is 17.0. The van der Waals surface area contributed by atoms with E-state index in [1.165, 1.54) is 12.1 Å². The van der Waals surface area contributed by atoms with Crippen molar-refractivity contribution >= 4 is 63.5 Å². The second-order valence-corrected chi connectivity index (χ2v) is 8.69. The van der Waals surface area contributed by atoms with E-state index in [1.54, 1.807) is 0 Å². The summed E-state index contributed by atoms with van der Waals surface area (Å²) in [4.78, 5) is 20.0. The number of carboxylic acids is 2. The minimum atomic E-state index is -4.31. The summed E-state index contributed by atoms with van der Waals surface area (Å²) < 4.78 is 47.4. The van der Waals surface area contributed by atoms with Crippen LogP contribution in [-0.2, 0) is 9.05 Å². The van der Waals surface area contributed by atoms with Crippen molar-refractivity contribution < 1.29 is 37.0 Å². The molecule has 26 heavy (non-hydrogen) atoms. The first kappa shape index (κ1) is 22.5. The van der Waals surface area contributed by atoms with Crippen LogP contribution in [0.5, 0.6) is 0 Å². The fourth-order valence-electron chi connectivity index (χ4n) is 1.49. The first-order valence-electron chi connectivity index (χ1n) is 6.20. The van der Waals surface area contributed by atoms with Crippen molar-refractivity contribution in [1.82, 2.24) is 0 Å². The zero-order chi connectivity index (χ0) is 20.2. The lowest BCUT2D eigenvalue weighted by atomic mass is 10.2. The largest absolute Gasteiger partial charge is 0.478 e. The van der Waals surface area contributed by atoms with Gasteiger partial charge in [0.2, 0.25) is 0 Å². The van der Waals surface area contributed by atoms with Crippen LogP contribution in [0, 0.1) is 11.6 Å². The number of rotatable bonds is 3. The van der Waals surface area contributed by atoms with Crippen LogP contribution in [0.25, 0.3) is 0 Å². The molecule has 6 nitrogen and oxygen atoms in total. The molecule has 0 unspecified atom stereocenters. The molecule has 0 fully saturated rings. The maximum absolute atomic E-state index is 13.2. The highest BCUT2D eigenvalue weighted by Gasteiger charge is 2.21. The number of carbonyl (C=O) groups is 2. The summed E-state index contributed by atoms with van der Waals surface area (Å²) in [5, 5.41) is 17.1. The third-order valence-corrected chi connectivity index (χ3v) is 5.18. The van der Waals surface area contributed by atoms with Crippen LogP contribution in [0.1, 0.15) is 20.7 Å². The first-order chi connectivity index (χ1) is 11.8. The van der Waals surface area contributed by atoms with Crippen molar-refractivity contribution in [2.45, 2.75) is 4.90 Å². The molecule has 0 bridgehead atoms. The Hall–Kier alpha value is -1.56. The lowest BCUT2D eigenvalue weighted by molar-refractivity contribution is 0.0685. The average Bonchev–Trinajstić information content (AvgIpc) is 2.51. The van der Waals surface area contributed by atoms with E-state index in [9.17, 15) is 26.8 Å². The Morgan fingerprint density at radius 2 is 1.42 bits per heavy atom. The van der Waals surface area contributed by atoms with E-state index in [-0.39, 0.29) is 20.1 Å². The van der Waals surface area contributed by atoms with E-state index >= 15 is 0 Å². The first-order valence-corrected chi connectivity index (χ1v) is 10.1. The predicted octanol–water partition coefficient (Wildman–Crippen LogP) is 4.50. The van der Waals surface area contributed by atoms with Crippen molar-refractivity contribution in [1.29, 1.82) is 0 Å². The third kappa shape index (κ3) is 6.01. The lowest BCUT2D eigenvalue weighted by Crippen LogP contribution is -2.03. The van der Waals surface area contributed by atoms with Gasteiger partial charge in [-0.2, -0.15) is 0 Å². The van der Waals surface area contributed by atoms with Gasteiger partial charge in [-0.05, 0) is 62.2 Å². The predicted molar refractivity (Wildman–Crippen MR) is 95.2 cm³/mol. The topological polar surface area (TPSA) is 109 Å². The summed E-state index contributed by atoms with van der Waals surface area (Å²) in [6, 6.07) is 5.14. The minimum Gasteiger partial charge on any atom is -0.478 e. The number of aromatic carboxylic acids is 2. The maximum atomic E-state index is 13.2. The summed E-state index contributed by atoms with van der Waals surface area (Å²) in [5.74, 6) is -4.02. The van der Waals surface area contributed by atoms with Gasteiger partial charge in [0, 0.05) is 10.7 Å². The molecule has 0 aliphatic heterocycles. The molecule has 140 valence electrons. The third-order valence-electron chi connectivity index (χ3n) is 2.67. The zero-order valence-electron chi connectivity index (χ0n) is 12.2. The Morgan fingerprint density at radius 1 is 0.923 bits per heavy atom. The van der Waals surface area contributed by atoms with Crippen molar-refractivity contribution in [3.63, 3.8) is 0 Å². The van der Waals surface area contributed by atoms with E-state index in [0.29, 0.717) is 6.07 Å². The number of hydrogen-bond acceptors (Lipinski definition) is 4. The van der Waals surface area contributed by atoms with Crippen molar-refractivity contribution in [2.24, 2.45) is 0 Å². The maximum Gasteiger partial charge on any atom is 0.335 e. The number of benzene rings is 2. The van der Waals surface area contributed by atoms with Crippen molar-refractivity contribution in [3.8, 4) is 0 Å². The quantitative estimate of drug-likeness (QED) is 0.560. The highest BCUT2D eigenvalue weighted by molar-refractivity contribution is 9.10. The molecular weight excluding hydrogens is 529 g/mol. The number of halogens is 5. The molecule has 0 saturated heterocycles. The summed E-state index contributed by atoms with van der Waals surface area (Å²) in [6.45, 7) is 0. The van der Waals surface area contributed by atoms with Crippen LogP contribution >= 0.6 is 42.5 Å². The van der Waals surface area contributed by atoms with Crippen LogP contribution in [-0.4, -0.2) is 30.6 Å². The van der Waals surface area contributed by atoms with E-state index < -0.39 is 37.5 Å². The van der Waals surface area contributed by atoms with Gasteiger partial charge in [0.15, 0.2) is 5.82 Å². The summed E-state index contributed by atoms with van der Waals surface area (Å²) in [6.07, 6.45) is 0. The van der Waals surface area contributed by atoms with Crippen LogP contribution in [0.4, 0.5) is 8.78 Å². The van der Waals surface area contributed by atoms with Crippen LogP contribution in [0.3, 0.4) is 0 Å². The van der Waals surface area contributed by atoms with Crippen LogP contribution in [0.2, 0.25) is 0 Å². The highest BCUT2D eigenvalue weighted by Crippen LogP contribution is 2.27. The van der Waals surface area contributed by atoms with Gasteiger partial charge in [0.05, 0.1) is 20.1 Å². The van der Waals surface area contributed by atoms with Gasteiger partial charge in [-0.25, -0.2) is 26.8 Å². The molecule has 0 radical (unpaired) electrons. The summed E-state index contributed by atoms with van der Waals surface area (Å²) >= 11 is 5.57. The van der Waals surface area contributed by atoms with Gasteiger partial charge in [0.25, 0.3) is 9.05 Å². The standard InChI is InChI=1S/C7H3BrClFO4S.C7H4BrFO2/c8-4-1-3(7(11)12)2-5(6(4)10)15(9,13)14;8-5-3-4(7(10)11)1-2-6(5)9/h1-2H,(H,11,12);1-3H,(H,10,11). The molecule has 0 aromatic heterocycles. The molecule has 2 N–H and O–H groups in total. The molecule has 2 rings (SSSR count). The Labute approximate surface area is 167 Å². The smallest absolute Gasteiger partial charge is 0.335 e. The molecule has 0 aliphatic carbocycles. The van der Waals surface area contributed by atoms with Gasteiger partial charge in [-0.3, -0.25) is 0 Å². The molecular formula is C14H7Br2ClF2O6S. The molecule has 0 spiro atoms. The second-order valence-electron chi connectivity index (χ2n) is 4.45. The van der Waals surface area contributed by atoms with E-state index in [4.69, 9.17) is 20.9 Å². The minimum absolute atomic E-state index is 0.0678. The molecule has 0 amide bonds. The Balaban J connectivity index is 0.000000273. The Kier molecular flexibility index (Phi) is 7.69. The molecule has 0 saturated carbocycles. The summed E-state index contributed by atoms with van der Waals surface area (Å²) in [5.41, 5.74) is -0.305. The number of hydrogen-bond donors (Lipinski definition) is 2. The Bertz CT molecular complexity index is 982. The molecule has 12 heteroatoms. The van der Waals surface area contributed by atoms with Crippen molar-refractivity contribution in [2.75, 3.05) is 0 Å². The Morgan fingerprint density at radius 3 is 1.85 bits per heavy atom. The van der Waals surface area contributed by atoms with E-state index in [1.807, 2.05) is 0 Å².